The van der Waals surface area contributed by atoms with Crippen molar-refractivity contribution >= 4 is 6.29 Å². The van der Waals surface area contributed by atoms with Crippen LogP contribution in [0, 0.1) is 0 Å². The van der Waals surface area contributed by atoms with Gasteiger partial charge in [-0.05, 0) is 30.3 Å². The number of pyridine rings is 1. The van der Waals surface area contributed by atoms with Crippen LogP contribution in [0.5, 0.6) is 11.6 Å². The standard InChI is InChI=1S/C13H8F3NO2/c14-13(15,16)10-2-4-11(5-3-10)19-12-6-1-9(8-18)7-17-12/h1-8H. The minimum atomic E-state index is -4.37. The van der Waals surface area contributed by atoms with Gasteiger partial charge in [0.2, 0.25) is 5.88 Å². The summed E-state index contributed by atoms with van der Waals surface area (Å²) in [6.07, 6.45) is -2.43. The van der Waals surface area contributed by atoms with Crippen LogP contribution in [0.4, 0.5) is 13.2 Å². The molecule has 0 aliphatic rings. The number of halogens is 3. The second-order valence-electron chi connectivity index (χ2n) is 3.67. The zero-order valence-corrected chi connectivity index (χ0v) is 9.52. The number of hydrogen-bond acceptors (Lipinski definition) is 3. The molecule has 1 aromatic heterocycles. The van der Waals surface area contributed by atoms with Crippen molar-refractivity contribution in [3.8, 4) is 11.6 Å². The second-order valence-corrected chi connectivity index (χ2v) is 3.67. The molecule has 0 N–H and O–H groups in total. The van der Waals surface area contributed by atoms with Gasteiger partial charge in [-0.25, -0.2) is 4.98 Å². The molecule has 1 heterocycles. The number of aldehydes is 1. The smallest absolute Gasteiger partial charge is 0.416 e. The minimum Gasteiger partial charge on any atom is -0.439 e. The van der Waals surface area contributed by atoms with Crippen molar-refractivity contribution in [2.24, 2.45) is 0 Å². The number of carbonyl (C=O) groups is 1. The van der Waals surface area contributed by atoms with E-state index in [1.165, 1.54) is 30.5 Å². The summed E-state index contributed by atoms with van der Waals surface area (Å²) in [5.41, 5.74) is -0.358. The molecule has 0 aliphatic heterocycles. The Morgan fingerprint density at radius 2 is 1.74 bits per heavy atom. The highest BCUT2D eigenvalue weighted by Crippen LogP contribution is 2.31. The summed E-state index contributed by atoms with van der Waals surface area (Å²) in [7, 11) is 0. The minimum absolute atomic E-state index is 0.199. The molecular weight excluding hydrogens is 259 g/mol. The Morgan fingerprint density at radius 3 is 2.21 bits per heavy atom. The number of benzene rings is 1. The van der Waals surface area contributed by atoms with Crippen molar-refractivity contribution < 1.29 is 22.7 Å². The molecule has 0 spiro atoms. The third-order valence-electron chi connectivity index (χ3n) is 2.30. The van der Waals surface area contributed by atoms with Crippen molar-refractivity contribution in [3.05, 3.63) is 53.7 Å². The fraction of sp³-hybridized carbons (Fsp3) is 0.0769. The molecule has 0 radical (unpaired) electrons. The van der Waals surface area contributed by atoms with E-state index in [9.17, 15) is 18.0 Å². The predicted molar refractivity (Wildman–Crippen MR) is 61.1 cm³/mol. The van der Waals surface area contributed by atoms with E-state index >= 15 is 0 Å². The van der Waals surface area contributed by atoms with Crippen LogP contribution in [0.3, 0.4) is 0 Å². The van der Waals surface area contributed by atoms with Gasteiger partial charge in [0.1, 0.15) is 5.75 Å². The van der Waals surface area contributed by atoms with Crippen LogP contribution in [-0.2, 0) is 6.18 Å². The molecule has 0 aliphatic carbocycles. The van der Waals surface area contributed by atoms with E-state index in [1.807, 2.05) is 0 Å². The molecule has 2 rings (SSSR count). The van der Waals surface area contributed by atoms with Gasteiger partial charge in [0, 0.05) is 17.8 Å². The summed E-state index contributed by atoms with van der Waals surface area (Å²) in [5, 5.41) is 0. The van der Waals surface area contributed by atoms with Crippen LogP contribution in [0.1, 0.15) is 15.9 Å². The Morgan fingerprint density at radius 1 is 1.05 bits per heavy atom. The number of alkyl halides is 3. The number of ether oxygens (including phenoxy) is 1. The molecule has 6 heteroatoms. The summed E-state index contributed by atoms with van der Waals surface area (Å²) in [4.78, 5) is 14.3. The SMILES string of the molecule is O=Cc1ccc(Oc2ccc(C(F)(F)F)cc2)nc1. The summed E-state index contributed by atoms with van der Waals surface area (Å²) < 4.78 is 42.3. The normalized spacial score (nSPS) is 11.1. The number of nitrogens with zero attached hydrogens (tertiary/aromatic N) is 1. The van der Waals surface area contributed by atoms with Crippen molar-refractivity contribution in [2.45, 2.75) is 6.18 Å². The second kappa shape index (κ2) is 5.09. The predicted octanol–water partition coefficient (Wildman–Crippen LogP) is 3.71. The largest absolute Gasteiger partial charge is 0.439 e. The van der Waals surface area contributed by atoms with Gasteiger partial charge < -0.3 is 4.74 Å². The van der Waals surface area contributed by atoms with Crippen LogP contribution in [0.25, 0.3) is 0 Å². The van der Waals surface area contributed by atoms with Gasteiger partial charge in [-0.2, -0.15) is 13.2 Å². The van der Waals surface area contributed by atoms with Gasteiger partial charge in [-0.1, -0.05) is 0 Å². The Hall–Kier alpha value is -2.37. The van der Waals surface area contributed by atoms with E-state index in [0.29, 0.717) is 11.8 Å². The summed E-state index contributed by atoms with van der Waals surface area (Å²) in [6.45, 7) is 0. The van der Waals surface area contributed by atoms with Gasteiger partial charge in [-0.3, -0.25) is 4.79 Å². The van der Waals surface area contributed by atoms with Crippen LogP contribution in [0.2, 0.25) is 0 Å². The maximum Gasteiger partial charge on any atom is 0.416 e. The molecule has 0 saturated carbocycles. The number of carbonyl (C=O) groups excluding carboxylic acids is 1. The molecule has 1 aromatic carbocycles. The average Bonchev–Trinajstić information content (AvgIpc) is 2.39. The van der Waals surface area contributed by atoms with E-state index in [4.69, 9.17) is 4.74 Å². The lowest BCUT2D eigenvalue weighted by molar-refractivity contribution is -0.137. The van der Waals surface area contributed by atoms with Crippen molar-refractivity contribution in [1.29, 1.82) is 0 Å². The van der Waals surface area contributed by atoms with Crippen molar-refractivity contribution in [3.63, 3.8) is 0 Å². The Balaban J connectivity index is 2.12. The molecule has 98 valence electrons. The van der Waals surface area contributed by atoms with Gasteiger partial charge in [0.05, 0.1) is 5.56 Å². The van der Waals surface area contributed by atoms with Crippen LogP contribution >= 0.6 is 0 Å². The fourth-order valence-corrected chi connectivity index (χ4v) is 1.35. The van der Waals surface area contributed by atoms with Gasteiger partial charge in [-0.15, -0.1) is 0 Å². The van der Waals surface area contributed by atoms with Gasteiger partial charge in [0.25, 0.3) is 0 Å². The van der Waals surface area contributed by atoms with E-state index in [0.717, 1.165) is 12.1 Å². The highest BCUT2D eigenvalue weighted by Gasteiger charge is 2.30. The molecule has 3 nitrogen and oxygen atoms in total. The van der Waals surface area contributed by atoms with Gasteiger partial charge >= 0.3 is 6.18 Å². The molecule has 0 saturated heterocycles. The van der Waals surface area contributed by atoms with Crippen molar-refractivity contribution in [1.82, 2.24) is 4.98 Å². The molecular formula is C13H8F3NO2. The highest BCUT2D eigenvalue weighted by molar-refractivity contribution is 5.74. The Bertz CT molecular complexity index is 562. The molecule has 0 fully saturated rings. The van der Waals surface area contributed by atoms with E-state index in [-0.39, 0.29) is 11.6 Å². The van der Waals surface area contributed by atoms with Crippen LogP contribution in [-0.4, -0.2) is 11.3 Å². The van der Waals surface area contributed by atoms with Crippen LogP contribution in [0.15, 0.2) is 42.6 Å². The molecule has 2 aromatic rings. The Kier molecular flexibility index (Phi) is 3.50. The third kappa shape index (κ3) is 3.31. The molecule has 0 amide bonds. The quantitative estimate of drug-likeness (QED) is 0.796. The monoisotopic (exact) mass is 267 g/mol. The number of aromatic nitrogens is 1. The molecule has 0 atom stereocenters. The first-order valence-corrected chi connectivity index (χ1v) is 5.25. The molecule has 19 heavy (non-hydrogen) atoms. The fourth-order valence-electron chi connectivity index (χ4n) is 1.35. The third-order valence-corrected chi connectivity index (χ3v) is 2.30. The highest BCUT2D eigenvalue weighted by atomic mass is 19.4. The summed E-state index contributed by atoms with van der Waals surface area (Å²) in [5.74, 6) is 0.435. The summed E-state index contributed by atoms with van der Waals surface area (Å²) in [6, 6.07) is 7.22. The van der Waals surface area contributed by atoms with E-state index in [1.54, 1.807) is 0 Å². The van der Waals surface area contributed by atoms with Crippen molar-refractivity contribution in [2.75, 3.05) is 0 Å². The topological polar surface area (TPSA) is 39.2 Å². The number of hydrogen-bond donors (Lipinski definition) is 0. The molecule has 0 unspecified atom stereocenters. The molecule has 0 bridgehead atoms. The van der Waals surface area contributed by atoms with Crippen LogP contribution < -0.4 is 4.74 Å². The average molecular weight is 267 g/mol. The lowest BCUT2D eigenvalue weighted by Crippen LogP contribution is -2.04. The lowest BCUT2D eigenvalue weighted by atomic mass is 10.2. The van der Waals surface area contributed by atoms with E-state index < -0.39 is 11.7 Å². The summed E-state index contributed by atoms with van der Waals surface area (Å²) >= 11 is 0. The number of rotatable bonds is 3. The first kappa shape index (κ1) is 13.1. The zero-order chi connectivity index (χ0) is 13.9. The maximum atomic E-state index is 12.3. The zero-order valence-electron chi connectivity index (χ0n) is 9.52. The lowest BCUT2D eigenvalue weighted by Gasteiger charge is -2.08. The van der Waals surface area contributed by atoms with Gasteiger partial charge in [0.15, 0.2) is 6.29 Å². The Labute approximate surface area is 106 Å². The first-order chi connectivity index (χ1) is 8.99. The van der Waals surface area contributed by atoms with E-state index in [2.05, 4.69) is 4.98 Å². The first-order valence-electron chi connectivity index (χ1n) is 5.25. The maximum absolute atomic E-state index is 12.3.